The van der Waals surface area contributed by atoms with Crippen LogP contribution in [0.3, 0.4) is 0 Å². The highest BCUT2D eigenvalue weighted by Crippen LogP contribution is 2.26. The molecule has 0 unspecified atom stereocenters. The molecule has 0 aliphatic carbocycles. The van der Waals surface area contributed by atoms with Gasteiger partial charge >= 0.3 is 5.82 Å². The molecule has 3 aromatic rings. The second-order valence-corrected chi connectivity index (χ2v) is 6.98. The number of aromatic nitrogens is 4. The third-order valence-electron chi connectivity index (χ3n) is 3.68. The second kappa shape index (κ2) is 8.40. The van der Waals surface area contributed by atoms with Gasteiger partial charge in [0.05, 0.1) is 28.9 Å². The maximum absolute atomic E-state index is 12.2. The van der Waals surface area contributed by atoms with E-state index in [4.69, 9.17) is 16.3 Å². The molecule has 10 nitrogen and oxygen atoms in total. The molecule has 3 rings (SSSR count). The highest BCUT2D eigenvalue weighted by molar-refractivity contribution is 9.10. The molecule has 0 saturated heterocycles. The largest absolute Gasteiger partial charge is 0.471 e. The Balaban J connectivity index is 1.57. The lowest BCUT2D eigenvalue weighted by Gasteiger charge is -2.06. The summed E-state index contributed by atoms with van der Waals surface area (Å²) in [6.07, 6.45) is 3.07. The van der Waals surface area contributed by atoms with Gasteiger partial charge in [0.2, 0.25) is 5.91 Å². The Hall–Kier alpha value is -2.92. The number of hydrogen-bond donors (Lipinski definition) is 1. The molecule has 2 aromatic heterocycles. The zero-order valence-electron chi connectivity index (χ0n) is 14.5. The average molecular weight is 470 g/mol. The van der Waals surface area contributed by atoms with Crippen molar-refractivity contribution in [1.29, 1.82) is 0 Å². The van der Waals surface area contributed by atoms with Crippen LogP contribution in [0.25, 0.3) is 0 Å². The maximum atomic E-state index is 12.2. The van der Waals surface area contributed by atoms with Crippen molar-refractivity contribution in [3.05, 3.63) is 62.0 Å². The molecule has 0 spiro atoms. The van der Waals surface area contributed by atoms with Gasteiger partial charge in [-0.2, -0.15) is 9.78 Å². The Morgan fingerprint density at radius 3 is 2.75 bits per heavy atom. The first-order valence-corrected chi connectivity index (χ1v) is 9.08. The van der Waals surface area contributed by atoms with Crippen LogP contribution in [-0.4, -0.2) is 30.4 Å². The van der Waals surface area contributed by atoms with Gasteiger partial charge in [-0.1, -0.05) is 27.5 Å². The number of rotatable bonds is 7. The first kappa shape index (κ1) is 19.8. The van der Waals surface area contributed by atoms with Crippen LogP contribution in [0.2, 0.25) is 5.02 Å². The number of carbonyl (C=O) groups excluding carboxylic acids is 1. The first-order chi connectivity index (χ1) is 13.3. The molecule has 1 N–H and O–H groups in total. The number of nitrogens with zero attached hydrogens (tertiary/aromatic N) is 5. The standard InChI is InChI=1S/C16H14BrClN6O4/c1-10-15(18)16(24(26)27)21-23(10)8-14(25)20-12-6-19-22(7-12)9-28-13-4-2-11(17)3-5-13/h2-7H,8-9H2,1H3,(H,20,25). The summed E-state index contributed by atoms with van der Waals surface area (Å²) < 4.78 is 9.23. The topological polar surface area (TPSA) is 117 Å². The number of anilines is 1. The van der Waals surface area contributed by atoms with Crippen LogP contribution in [0.4, 0.5) is 11.5 Å². The van der Waals surface area contributed by atoms with Gasteiger partial charge in [0.25, 0.3) is 0 Å². The van der Waals surface area contributed by atoms with E-state index in [1.807, 2.05) is 24.3 Å². The average Bonchev–Trinajstić information content (AvgIpc) is 3.20. The van der Waals surface area contributed by atoms with Crippen molar-refractivity contribution in [3.63, 3.8) is 0 Å². The predicted octanol–water partition coefficient (Wildman–Crippen LogP) is 3.39. The van der Waals surface area contributed by atoms with Crippen LogP contribution in [0.1, 0.15) is 5.69 Å². The molecule has 28 heavy (non-hydrogen) atoms. The summed E-state index contributed by atoms with van der Waals surface area (Å²) in [6.45, 7) is 1.49. The zero-order valence-corrected chi connectivity index (χ0v) is 16.8. The van der Waals surface area contributed by atoms with Gasteiger partial charge < -0.3 is 20.2 Å². The summed E-state index contributed by atoms with van der Waals surface area (Å²) in [5.74, 6) is -0.229. The number of ether oxygens (including phenoxy) is 1. The Bertz CT molecular complexity index is 1020. The molecule has 0 aliphatic heterocycles. The fourth-order valence-corrected chi connectivity index (χ4v) is 2.75. The van der Waals surface area contributed by atoms with E-state index >= 15 is 0 Å². The van der Waals surface area contributed by atoms with Gasteiger partial charge in [0, 0.05) is 4.47 Å². The quantitative estimate of drug-likeness (QED) is 0.419. The summed E-state index contributed by atoms with van der Waals surface area (Å²) >= 11 is 9.21. The van der Waals surface area contributed by atoms with Gasteiger partial charge in [-0.15, -0.1) is 0 Å². The number of nitro groups is 1. The molecule has 146 valence electrons. The van der Waals surface area contributed by atoms with Crippen LogP contribution in [0.15, 0.2) is 41.1 Å². The molecule has 1 amide bonds. The van der Waals surface area contributed by atoms with Crippen molar-refractivity contribution in [3.8, 4) is 5.75 Å². The van der Waals surface area contributed by atoms with E-state index in [0.717, 1.165) is 4.47 Å². The fourth-order valence-electron chi connectivity index (χ4n) is 2.29. The SMILES string of the molecule is Cc1c(Cl)c([N+](=O)[O-])nn1CC(=O)Nc1cnn(COc2ccc(Br)cc2)c1. The van der Waals surface area contributed by atoms with Gasteiger partial charge in [-0.05, 0) is 36.1 Å². The van der Waals surface area contributed by atoms with Crippen molar-refractivity contribution < 1.29 is 14.5 Å². The Morgan fingerprint density at radius 2 is 2.11 bits per heavy atom. The van der Waals surface area contributed by atoms with Crippen molar-refractivity contribution in [2.75, 3.05) is 5.32 Å². The Kier molecular flexibility index (Phi) is 5.95. The summed E-state index contributed by atoms with van der Waals surface area (Å²) in [6, 6.07) is 7.34. The molecule has 0 aliphatic rings. The van der Waals surface area contributed by atoms with Crippen LogP contribution in [-0.2, 0) is 18.1 Å². The smallest absolute Gasteiger partial charge is 0.408 e. The monoisotopic (exact) mass is 468 g/mol. The third-order valence-corrected chi connectivity index (χ3v) is 4.65. The molecular formula is C16H14BrClN6O4. The molecule has 0 fully saturated rings. The third kappa shape index (κ3) is 4.67. The van der Waals surface area contributed by atoms with Gasteiger partial charge in [0.15, 0.2) is 11.8 Å². The van der Waals surface area contributed by atoms with E-state index < -0.39 is 16.6 Å². The lowest BCUT2D eigenvalue weighted by molar-refractivity contribution is -0.389. The van der Waals surface area contributed by atoms with Crippen molar-refractivity contribution >= 4 is 44.9 Å². The first-order valence-electron chi connectivity index (χ1n) is 7.91. The lowest BCUT2D eigenvalue weighted by Crippen LogP contribution is -2.20. The van der Waals surface area contributed by atoms with Gasteiger partial charge in [0.1, 0.15) is 12.3 Å². The predicted molar refractivity (Wildman–Crippen MR) is 104 cm³/mol. The Morgan fingerprint density at radius 1 is 1.39 bits per heavy atom. The maximum Gasteiger partial charge on any atom is 0.408 e. The highest BCUT2D eigenvalue weighted by Gasteiger charge is 2.25. The number of halogens is 2. The van der Waals surface area contributed by atoms with Crippen LogP contribution in [0, 0.1) is 17.0 Å². The van der Waals surface area contributed by atoms with E-state index in [1.165, 1.54) is 15.6 Å². The molecule has 2 heterocycles. The van der Waals surface area contributed by atoms with Crippen molar-refractivity contribution in [2.24, 2.45) is 0 Å². The summed E-state index contributed by atoms with van der Waals surface area (Å²) in [5, 5.41) is 21.3. The minimum absolute atomic E-state index is 0.0873. The molecule has 12 heteroatoms. The number of carbonyl (C=O) groups is 1. The number of amides is 1. The number of hydrogen-bond acceptors (Lipinski definition) is 6. The van der Waals surface area contributed by atoms with E-state index in [9.17, 15) is 14.9 Å². The number of benzene rings is 1. The molecule has 0 radical (unpaired) electrons. The van der Waals surface area contributed by atoms with E-state index in [0.29, 0.717) is 17.1 Å². The van der Waals surface area contributed by atoms with E-state index in [2.05, 4.69) is 31.4 Å². The summed E-state index contributed by atoms with van der Waals surface area (Å²) in [7, 11) is 0. The summed E-state index contributed by atoms with van der Waals surface area (Å²) in [4.78, 5) is 22.4. The minimum atomic E-state index is -0.695. The lowest BCUT2D eigenvalue weighted by atomic mass is 10.3. The molecular weight excluding hydrogens is 456 g/mol. The summed E-state index contributed by atoms with van der Waals surface area (Å²) in [5.41, 5.74) is 0.789. The highest BCUT2D eigenvalue weighted by atomic mass is 79.9. The van der Waals surface area contributed by atoms with Crippen molar-refractivity contribution in [2.45, 2.75) is 20.2 Å². The minimum Gasteiger partial charge on any atom is -0.471 e. The number of nitrogens with one attached hydrogen (secondary N) is 1. The second-order valence-electron chi connectivity index (χ2n) is 5.68. The van der Waals surface area contributed by atoms with Crippen LogP contribution >= 0.6 is 27.5 Å². The van der Waals surface area contributed by atoms with Gasteiger partial charge in [-0.3, -0.25) is 4.79 Å². The zero-order chi connectivity index (χ0) is 20.3. The normalized spacial score (nSPS) is 10.7. The van der Waals surface area contributed by atoms with Gasteiger partial charge in [-0.25, -0.2) is 4.68 Å². The van der Waals surface area contributed by atoms with Crippen LogP contribution in [0.5, 0.6) is 5.75 Å². The van der Waals surface area contributed by atoms with Crippen LogP contribution < -0.4 is 10.1 Å². The molecule has 0 saturated carbocycles. The van der Waals surface area contributed by atoms with E-state index in [1.54, 1.807) is 13.1 Å². The molecule has 0 atom stereocenters. The van der Waals surface area contributed by atoms with Crippen molar-refractivity contribution in [1.82, 2.24) is 19.6 Å². The van der Waals surface area contributed by atoms with E-state index in [-0.39, 0.29) is 18.3 Å². The Labute approximate surface area is 172 Å². The molecule has 0 bridgehead atoms. The molecule has 1 aromatic carbocycles. The fraction of sp³-hybridized carbons (Fsp3) is 0.188.